The molecule has 1 amide bonds. The lowest BCUT2D eigenvalue weighted by atomic mass is 10.1. The van der Waals surface area contributed by atoms with E-state index in [1.807, 2.05) is 6.92 Å². The predicted octanol–water partition coefficient (Wildman–Crippen LogP) is 1.12. The van der Waals surface area contributed by atoms with Crippen molar-refractivity contribution in [2.45, 2.75) is 6.92 Å². The lowest BCUT2D eigenvalue weighted by Gasteiger charge is -2.08. The number of nitrogens with zero attached hydrogens (tertiary/aromatic N) is 3. The summed E-state index contributed by atoms with van der Waals surface area (Å²) in [5, 5.41) is 17.0. The van der Waals surface area contributed by atoms with Gasteiger partial charge in [0, 0.05) is 37.1 Å². The Labute approximate surface area is 127 Å². The Kier molecular flexibility index (Phi) is 5.21. The van der Waals surface area contributed by atoms with E-state index in [1.165, 1.54) is 23.2 Å². The number of hydrogen-bond acceptors (Lipinski definition) is 5. The molecule has 0 saturated heterocycles. The topological polar surface area (TPSA) is 102 Å². The summed E-state index contributed by atoms with van der Waals surface area (Å²) in [6, 6.07) is 4.38. The molecule has 8 nitrogen and oxygen atoms in total. The van der Waals surface area contributed by atoms with Crippen LogP contribution in [0.5, 0.6) is 0 Å². The Balaban J connectivity index is 2.19. The van der Waals surface area contributed by atoms with Gasteiger partial charge < -0.3 is 15.2 Å². The Morgan fingerprint density at radius 2 is 2.23 bits per heavy atom. The molecule has 0 atom stereocenters. The van der Waals surface area contributed by atoms with E-state index in [-0.39, 0.29) is 17.2 Å². The van der Waals surface area contributed by atoms with Crippen LogP contribution in [0.3, 0.4) is 0 Å². The molecule has 0 aliphatic heterocycles. The maximum absolute atomic E-state index is 12.0. The number of nitro benzene ring substituents is 1. The summed E-state index contributed by atoms with van der Waals surface area (Å²) in [6.07, 6.45) is 4.61. The van der Waals surface area contributed by atoms with Gasteiger partial charge in [-0.3, -0.25) is 14.9 Å². The van der Waals surface area contributed by atoms with Gasteiger partial charge in [-0.2, -0.15) is 0 Å². The molecule has 2 rings (SSSR count). The third-order valence-electron chi connectivity index (χ3n) is 3.05. The quantitative estimate of drug-likeness (QED) is 0.453. The van der Waals surface area contributed by atoms with E-state index in [1.54, 1.807) is 18.3 Å². The fourth-order valence-corrected chi connectivity index (χ4v) is 1.97. The van der Waals surface area contributed by atoms with Crippen molar-refractivity contribution in [3.63, 3.8) is 0 Å². The number of amides is 1. The van der Waals surface area contributed by atoms with Crippen molar-refractivity contribution in [2.24, 2.45) is 0 Å². The van der Waals surface area contributed by atoms with E-state index in [0.29, 0.717) is 18.8 Å². The minimum absolute atomic E-state index is 0.141. The van der Waals surface area contributed by atoms with Crippen molar-refractivity contribution in [3.8, 4) is 5.69 Å². The largest absolute Gasteiger partial charge is 0.351 e. The Morgan fingerprint density at radius 3 is 2.86 bits per heavy atom. The summed E-state index contributed by atoms with van der Waals surface area (Å²) < 4.78 is 1.53. The fraction of sp³-hybridized carbons (Fsp3) is 0.286. The fourth-order valence-electron chi connectivity index (χ4n) is 1.97. The van der Waals surface area contributed by atoms with Gasteiger partial charge in [0.15, 0.2) is 0 Å². The molecule has 0 saturated carbocycles. The number of carbonyl (C=O) groups is 1. The molecule has 0 unspecified atom stereocenters. The van der Waals surface area contributed by atoms with E-state index >= 15 is 0 Å². The summed E-state index contributed by atoms with van der Waals surface area (Å²) in [6.45, 7) is 3.90. The van der Waals surface area contributed by atoms with Gasteiger partial charge in [0.25, 0.3) is 11.6 Å². The van der Waals surface area contributed by atoms with Crippen LogP contribution < -0.4 is 10.6 Å². The number of imidazole rings is 1. The van der Waals surface area contributed by atoms with Gasteiger partial charge in [0.1, 0.15) is 5.69 Å². The molecule has 22 heavy (non-hydrogen) atoms. The minimum Gasteiger partial charge on any atom is -0.351 e. The second-order valence-corrected chi connectivity index (χ2v) is 4.54. The molecule has 1 heterocycles. The smallest absolute Gasteiger partial charge is 0.294 e. The third kappa shape index (κ3) is 3.67. The van der Waals surface area contributed by atoms with Crippen LogP contribution in [0.1, 0.15) is 17.3 Å². The van der Waals surface area contributed by atoms with Crippen LogP contribution in [0.25, 0.3) is 5.69 Å². The van der Waals surface area contributed by atoms with Crippen LogP contribution in [0.15, 0.2) is 36.9 Å². The van der Waals surface area contributed by atoms with E-state index in [4.69, 9.17) is 0 Å². The van der Waals surface area contributed by atoms with Crippen molar-refractivity contribution >= 4 is 11.6 Å². The van der Waals surface area contributed by atoms with Crippen LogP contribution in [0.2, 0.25) is 0 Å². The van der Waals surface area contributed by atoms with Crippen LogP contribution in [-0.4, -0.2) is 40.0 Å². The van der Waals surface area contributed by atoms with Gasteiger partial charge in [-0.25, -0.2) is 4.98 Å². The zero-order chi connectivity index (χ0) is 15.9. The van der Waals surface area contributed by atoms with E-state index < -0.39 is 4.92 Å². The van der Waals surface area contributed by atoms with Crippen LogP contribution in [0.4, 0.5) is 5.69 Å². The highest BCUT2D eigenvalue weighted by Crippen LogP contribution is 2.24. The van der Waals surface area contributed by atoms with Gasteiger partial charge in [-0.1, -0.05) is 6.92 Å². The van der Waals surface area contributed by atoms with E-state index in [2.05, 4.69) is 15.6 Å². The Bertz CT molecular complexity index is 655. The number of nitrogens with one attached hydrogen (secondary N) is 2. The molecule has 1 aromatic heterocycles. The summed E-state index contributed by atoms with van der Waals surface area (Å²) >= 11 is 0. The lowest BCUT2D eigenvalue weighted by Crippen LogP contribution is -2.31. The highest BCUT2D eigenvalue weighted by atomic mass is 16.6. The Morgan fingerprint density at radius 1 is 1.41 bits per heavy atom. The molecule has 116 valence electrons. The SMILES string of the molecule is CCNCCNC(=O)c1ccc(-n2ccnc2)c([N+](=O)[O-])c1. The molecule has 0 radical (unpaired) electrons. The first-order chi connectivity index (χ1) is 10.6. The molecule has 0 bridgehead atoms. The maximum atomic E-state index is 12.0. The normalized spacial score (nSPS) is 10.4. The van der Waals surface area contributed by atoms with Gasteiger partial charge in [-0.05, 0) is 18.7 Å². The summed E-state index contributed by atoms with van der Waals surface area (Å²) in [7, 11) is 0. The van der Waals surface area contributed by atoms with Gasteiger partial charge >= 0.3 is 0 Å². The minimum atomic E-state index is -0.509. The predicted molar refractivity (Wildman–Crippen MR) is 81.1 cm³/mol. The number of carbonyl (C=O) groups excluding carboxylic acids is 1. The second kappa shape index (κ2) is 7.32. The average molecular weight is 303 g/mol. The zero-order valence-electron chi connectivity index (χ0n) is 12.2. The molecule has 0 aliphatic rings. The number of nitro groups is 1. The maximum Gasteiger partial charge on any atom is 0.294 e. The first kappa shape index (κ1) is 15.6. The third-order valence-corrected chi connectivity index (χ3v) is 3.05. The first-order valence-electron chi connectivity index (χ1n) is 6.89. The van der Waals surface area contributed by atoms with Crippen LogP contribution >= 0.6 is 0 Å². The molecule has 2 aromatic rings. The van der Waals surface area contributed by atoms with Crippen LogP contribution in [-0.2, 0) is 0 Å². The lowest BCUT2D eigenvalue weighted by molar-refractivity contribution is -0.384. The van der Waals surface area contributed by atoms with Crippen molar-refractivity contribution in [2.75, 3.05) is 19.6 Å². The Hall–Kier alpha value is -2.74. The average Bonchev–Trinajstić information content (AvgIpc) is 3.05. The summed E-state index contributed by atoms with van der Waals surface area (Å²) in [4.78, 5) is 26.6. The van der Waals surface area contributed by atoms with E-state index in [9.17, 15) is 14.9 Å². The molecule has 1 aromatic carbocycles. The summed E-state index contributed by atoms with van der Waals surface area (Å²) in [5.74, 6) is -0.335. The summed E-state index contributed by atoms with van der Waals surface area (Å²) in [5.41, 5.74) is 0.482. The molecular formula is C14H17N5O3. The number of likely N-dealkylation sites (N-methyl/N-ethyl adjacent to an activating group) is 1. The second-order valence-electron chi connectivity index (χ2n) is 4.54. The number of aromatic nitrogens is 2. The van der Waals surface area contributed by atoms with Gasteiger partial charge in [0.2, 0.25) is 0 Å². The molecule has 8 heteroatoms. The number of benzene rings is 1. The van der Waals surface area contributed by atoms with Crippen molar-refractivity contribution in [3.05, 3.63) is 52.6 Å². The highest BCUT2D eigenvalue weighted by Gasteiger charge is 2.18. The van der Waals surface area contributed by atoms with Gasteiger partial charge in [0.05, 0.1) is 11.3 Å². The van der Waals surface area contributed by atoms with Crippen molar-refractivity contribution < 1.29 is 9.72 Å². The van der Waals surface area contributed by atoms with Gasteiger partial charge in [-0.15, -0.1) is 0 Å². The van der Waals surface area contributed by atoms with Crippen molar-refractivity contribution in [1.29, 1.82) is 0 Å². The van der Waals surface area contributed by atoms with Crippen LogP contribution in [0, 0.1) is 10.1 Å². The van der Waals surface area contributed by atoms with E-state index in [0.717, 1.165) is 6.54 Å². The molecule has 2 N–H and O–H groups in total. The molecular weight excluding hydrogens is 286 g/mol. The molecule has 0 aliphatic carbocycles. The highest BCUT2D eigenvalue weighted by molar-refractivity contribution is 5.95. The van der Waals surface area contributed by atoms with Crippen molar-refractivity contribution in [1.82, 2.24) is 20.2 Å². The zero-order valence-corrected chi connectivity index (χ0v) is 12.2. The number of hydrogen-bond donors (Lipinski definition) is 2. The first-order valence-corrected chi connectivity index (χ1v) is 6.89. The molecule has 0 spiro atoms. The molecule has 0 fully saturated rings. The monoisotopic (exact) mass is 303 g/mol. The standard InChI is InChI=1S/C14H17N5O3/c1-2-15-5-6-17-14(20)11-3-4-12(13(9-11)19(21)22)18-8-7-16-10-18/h3-4,7-10,15H,2,5-6H2,1H3,(H,17,20). The number of rotatable bonds is 7.